The van der Waals surface area contributed by atoms with Gasteiger partial charge in [-0.1, -0.05) is 161 Å². The summed E-state index contributed by atoms with van der Waals surface area (Å²) in [7, 11) is 0. The molecule has 0 spiro atoms. The van der Waals surface area contributed by atoms with E-state index in [1.54, 1.807) is 0 Å². The van der Waals surface area contributed by atoms with E-state index in [2.05, 4.69) is 207 Å². The zero-order valence-electron chi connectivity index (χ0n) is 31.1. The molecule has 11 rings (SSSR count). The lowest BCUT2D eigenvalue weighted by Crippen LogP contribution is -2.17. The molecule has 0 radical (unpaired) electrons. The van der Waals surface area contributed by atoms with Crippen LogP contribution in [-0.2, 0) is 10.8 Å². The number of hydrogen-bond acceptors (Lipinski definition) is 1. The quantitative estimate of drug-likeness (QED) is 0.178. The van der Waals surface area contributed by atoms with Crippen molar-refractivity contribution in [3.05, 3.63) is 192 Å². The fourth-order valence-corrected chi connectivity index (χ4v) is 10.0. The van der Waals surface area contributed by atoms with E-state index >= 15 is 0 Å². The number of nitrogens with zero attached hydrogens (tertiary/aromatic N) is 2. The van der Waals surface area contributed by atoms with Crippen molar-refractivity contribution in [3.63, 3.8) is 0 Å². The van der Waals surface area contributed by atoms with E-state index < -0.39 is 0 Å². The van der Waals surface area contributed by atoms with Gasteiger partial charge in [-0.15, -0.1) is 0 Å². The molecule has 2 heteroatoms. The predicted octanol–water partition coefficient (Wildman–Crippen LogP) is 14.0. The summed E-state index contributed by atoms with van der Waals surface area (Å²) in [5.41, 5.74) is 17.6. The normalized spacial score (nSPS) is 14.6. The van der Waals surface area contributed by atoms with E-state index in [9.17, 15) is 0 Å². The number of hydrogen-bond donors (Lipinski definition) is 0. The fraction of sp³-hybridized carbons (Fsp3) is 0.115. The maximum absolute atomic E-state index is 2.58. The number of fused-ring (bicyclic) bond motifs is 10. The van der Waals surface area contributed by atoms with Gasteiger partial charge in [0.1, 0.15) is 0 Å². The molecule has 0 aliphatic heterocycles. The molecule has 258 valence electrons. The second-order valence-corrected chi connectivity index (χ2v) is 16.1. The first-order valence-corrected chi connectivity index (χ1v) is 19.1. The molecule has 0 saturated carbocycles. The van der Waals surface area contributed by atoms with E-state index in [4.69, 9.17) is 0 Å². The van der Waals surface area contributed by atoms with Crippen molar-refractivity contribution in [2.24, 2.45) is 0 Å². The van der Waals surface area contributed by atoms with Gasteiger partial charge in [0, 0.05) is 43.8 Å². The SMILES string of the molecule is CC1(C)c2ccccc2-c2c(N(c3cc(-n4c5ccccc5c5ccccc54)c4ccccc4c3)c3cccc4c3-c3ccccc3C4(C)C)cccc21. The van der Waals surface area contributed by atoms with E-state index in [0.29, 0.717) is 0 Å². The van der Waals surface area contributed by atoms with E-state index in [1.165, 1.54) is 94.1 Å². The van der Waals surface area contributed by atoms with Gasteiger partial charge >= 0.3 is 0 Å². The van der Waals surface area contributed by atoms with Crippen LogP contribution in [0.25, 0.3) is 60.5 Å². The van der Waals surface area contributed by atoms with Crippen molar-refractivity contribution in [2.45, 2.75) is 38.5 Å². The molecule has 2 aliphatic rings. The van der Waals surface area contributed by atoms with Crippen LogP contribution in [0.5, 0.6) is 0 Å². The molecule has 0 amide bonds. The number of anilines is 3. The molecule has 54 heavy (non-hydrogen) atoms. The third-order valence-electron chi connectivity index (χ3n) is 12.6. The Hall–Kier alpha value is -6.38. The molecule has 1 heterocycles. The Morgan fingerprint density at radius 1 is 0.407 bits per heavy atom. The monoisotopic (exact) mass is 692 g/mol. The lowest BCUT2D eigenvalue weighted by atomic mass is 9.82. The van der Waals surface area contributed by atoms with Gasteiger partial charge in [0.15, 0.2) is 0 Å². The molecule has 1 aromatic heterocycles. The second-order valence-electron chi connectivity index (χ2n) is 16.1. The lowest BCUT2D eigenvalue weighted by molar-refractivity contribution is 0.660. The highest BCUT2D eigenvalue weighted by Crippen LogP contribution is 2.58. The minimum atomic E-state index is -0.127. The zero-order chi connectivity index (χ0) is 36.3. The van der Waals surface area contributed by atoms with Crippen molar-refractivity contribution in [1.29, 1.82) is 0 Å². The Morgan fingerprint density at radius 2 is 0.852 bits per heavy atom. The number of para-hydroxylation sites is 2. The fourth-order valence-electron chi connectivity index (χ4n) is 10.0. The summed E-state index contributed by atoms with van der Waals surface area (Å²) < 4.78 is 2.48. The average molecular weight is 693 g/mol. The summed E-state index contributed by atoms with van der Waals surface area (Å²) in [6.07, 6.45) is 0. The topological polar surface area (TPSA) is 8.17 Å². The zero-order valence-corrected chi connectivity index (χ0v) is 31.1. The van der Waals surface area contributed by atoms with Gasteiger partial charge in [-0.3, -0.25) is 0 Å². The highest BCUT2D eigenvalue weighted by Gasteiger charge is 2.40. The smallest absolute Gasteiger partial charge is 0.0561 e. The third kappa shape index (κ3) is 4.11. The van der Waals surface area contributed by atoms with Gasteiger partial charge in [0.25, 0.3) is 0 Å². The van der Waals surface area contributed by atoms with Crippen LogP contribution >= 0.6 is 0 Å². The molecule has 0 N–H and O–H groups in total. The molecule has 2 nitrogen and oxygen atoms in total. The maximum Gasteiger partial charge on any atom is 0.0561 e. The van der Waals surface area contributed by atoms with E-state index in [-0.39, 0.29) is 10.8 Å². The highest BCUT2D eigenvalue weighted by atomic mass is 15.2. The summed E-state index contributed by atoms with van der Waals surface area (Å²) in [6.45, 7) is 9.50. The number of benzene rings is 8. The molecule has 0 unspecified atom stereocenters. The molecular formula is C52H40N2. The van der Waals surface area contributed by atoms with Gasteiger partial charge < -0.3 is 9.47 Å². The molecule has 9 aromatic rings. The Balaban J connectivity index is 1.28. The largest absolute Gasteiger partial charge is 0.309 e. The van der Waals surface area contributed by atoms with Gasteiger partial charge in [0.05, 0.1) is 28.1 Å². The lowest BCUT2D eigenvalue weighted by Gasteiger charge is -2.32. The van der Waals surface area contributed by atoms with Gasteiger partial charge in [-0.2, -0.15) is 0 Å². The van der Waals surface area contributed by atoms with Crippen molar-refractivity contribution in [1.82, 2.24) is 4.57 Å². The van der Waals surface area contributed by atoms with Gasteiger partial charge in [-0.25, -0.2) is 0 Å². The van der Waals surface area contributed by atoms with Crippen LogP contribution in [-0.4, -0.2) is 4.57 Å². The summed E-state index contributed by atoms with van der Waals surface area (Å²) in [6, 6.07) is 63.4. The predicted molar refractivity (Wildman–Crippen MR) is 228 cm³/mol. The molecule has 0 atom stereocenters. The van der Waals surface area contributed by atoms with Crippen LogP contribution in [0.15, 0.2) is 170 Å². The summed E-state index contributed by atoms with van der Waals surface area (Å²) in [5.74, 6) is 0. The molecule has 0 saturated heterocycles. The summed E-state index contributed by atoms with van der Waals surface area (Å²) >= 11 is 0. The first-order chi connectivity index (χ1) is 26.3. The second kappa shape index (κ2) is 11.1. The Kier molecular flexibility index (Phi) is 6.39. The van der Waals surface area contributed by atoms with E-state index in [1.807, 2.05) is 0 Å². The molecule has 0 fully saturated rings. The summed E-state index contributed by atoms with van der Waals surface area (Å²) in [4.78, 5) is 2.58. The minimum Gasteiger partial charge on any atom is -0.309 e. The first kappa shape index (κ1) is 31.2. The number of aromatic nitrogens is 1. The van der Waals surface area contributed by atoms with Crippen molar-refractivity contribution >= 4 is 49.6 Å². The van der Waals surface area contributed by atoms with Crippen LogP contribution < -0.4 is 4.90 Å². The number of rotatable bonds is 4. The first-order valence-electron chi connectivity index (χ1n) is 19.1. The average Bonchev–Trinajstić information content (AvgIpc) is 3.75. The van der Waals surface area contributed by atoms with Crippen molar-refractivity contribution in [3.8, 4) is 27.9 Å². The molecule has 2 aliphatic carbocycles. The Labute approximate surface area is 316 Å². The molecular weight excluding hydrogens is 653 g/mol. The van der Waals surface area contributed by atoms with Crippen LogP contribution in [0.4, 0.5) is 17.1 Å². The van der Waals surface area contributed by atoms with Crippen LogP contribution in [0, 0.1) is 0 Å². The Bertz CT molecular complexity index is 2850. The Morgan fingerprint density at radius 3 is 1.41 bits per heavy atom. The minimum absolute atomic E-state index is 0.127. The van der Waals surface area contributed by atoms with E-state index in [0.717, 1.165) is 5.69 Å². The van der Waals surface area contributed by atoms with Crippen LogP contribution in [0.3, 0.4) is 0 Å². The standard InChI is InChI=1S/C52H40N2/c1-51(2)40-23-11-7-21-38(40)49-42(51)25-15-29-46(49)53(47-30-16-26-43-50(47)39-22-8-12-24-41(39)52(43,3)4)34-31-33-17-5-6-18-35(33)48(32-34)54-44-27-13-9-19-36(44)37-20-10-14-28-45(37)54/h5-32H,1-4H3. The summed E-state index contributed by atoms with van der Waals surface area (Å²) in [5, 5.41) is 4.96. The van der Waals surface area contributed by atoms with Crippen molar-refractivity contribution < 1.29 is 0 Å². The molecule has 8 aromatic carbocycles. The van der Waals surface area contributed by atoms with Gasteiger partial charge in [-0.05, 0) is 75.2 Å². The van der Waals surface area contributed by atoms with Gasteiger partial charge in [0.2, 0.25) is 0 Å². The van der Waals surface area contributed by atoms with Crippen molar-refractivity contribution in [2.75, 3.05) is 4.90 Å². The third-order valence-corrected chi connectivity index (χ3v) is 12.6. The maximum atomic E-state index is 2.58. The molecule has 0 bridgehead atoms. The van der Waals surface area contributed by atoms with Crippen LogP contribution in [0.2, 0.25) is 0 Å². The van der Waals surface area contributed by atoms with Crippen LogP contribution in [0.1, 0.15) is 49.9 Å². The highest BCUT2D eigenvalue weighted by molar-refractivity contribution is 6.11.